The number of aromatic nitrogens is 2. The van der Waals surface area contributed by atoms with Gasteiger partial charge in [0.15, 0.2) is 5.17 Å². The van der Waals surface area contributed by atoms with Crippen molar-refractivity contribution in [3.8, 4) is 0 Å². The standard InChI is InChI=1S/C17H20F3N5S2.ClH/c1-16(2)9-21-15(27-16)25-5-3-24(4-6-25)13-12-7-11(8-17(18,19)20)26-14(12)23-10-22-13;/h7,10H,3-6,8-9H2,1-2H3;1H. The Morgan fingerprint density at radius 3 is 2.39 bits per heavy atom. The van der Waals surface area contributed by atoms with Crippen LogP contribution >= 0.6 is 35.5 Å². The lowest BCUT2D eigenvalue weighted by molar-refractivity contribution is -0.126. The van der Waals surface area contributed by atoms with Gasteiger partial charge in [-0.1, -0.05) is 11.8 Å². The minimum atomic E-state index is -4.21. The highest BCUT2D eigenvalue weighted by Gasteiger charge is 2.32. The van der Waals surface area contributed by atoms with Crippen LogP contribution in [0.25, 0.3) is 10.2 Å². The first-order valence-electron chi connectivity index (χ1n) is 8.74. The molecule has 0 amide bonds. The summed E-state index contributed by atoms with van der Waals surface area (Å²) < 4.78 is 38.3. The predicted molar refractivity (Wildman–Crippen MR) is 112 cm³/mol. The normalized spacial score (nSPS) is 19.7. The second kappa shape index (κ2) is 7.87. The fourth-order valence-corrected chi connectivity index (χ4v) is 5.36. The van der Waals surface area contributed by atoms with Gasteiger partial charge in [-0.3, -0.25) is 4.99 Å². The molecule has 0 radical (unpaired) electrons. The van der Waals surface area contributed by atoms with Crippen molar-refractivity contribution in [1.82, 2.24) is 14.9 Å². The highest BCUT2D eigenvalue weighted by Crippen LogP contribution is 2.36. The van der Waals surface area contributed by atoms with Crippen molar-refractivity contribution in [2.75, 3.05) is 37.6 Å². The third-order valence-electron chi connectivity index (χ3n) is 4.55. The minimum Gasteiger partial charge on any atom is -0.352 e. The molecule has 2 aromatic rings. The second-order valence-electron chi connectivity index (χ2n) is 7.36. The lowest BCUT2D eigenvalue weighted by Gasteiger charge is -2.36. The van der Waals surface area contributed by atoms with Gasteiger partial charge in [-0.05, 0) is 19.9 Å². The van der Waals surface area contributed by atoms with E-state index in [0.29, 0.717) is 10.2 Å². The van der Waals surface area contributed by atoms with Crippen LogP contribution in [-0.2, 0) is 6.42 Å². The number of alkyl halides is 3. The number of amidine groups is 1. The van der Waals surface area contributed by atoms with Gasteiger partial charge in [0.1, 0.15) is 17.0 Å². The first kappa shape index (κ1) is 21.4. The summed E-state index contributed by atoms with van der Waals surface area (Å²) in [5.41, 5.74) is 0. The summed E-state index contributed by atoms with van der Waals surface area (Å²) in [6, 6.07) is 1.59. The van der Waals surface area contributed by atoms with Gasteiger partial charge in [0.25, 0.3) is 0 Å². The van der Waals surface area contributed by atoms with Gasteiger partial charge in [0.2, 0.25) is 0 Å². The summed E-state index contributed by atoms with van der Waals surface area (Å²) in [7, 11) is 0. The van der Waals surface area contributed by atoms with Crippen LogP contribution in [0.1, 0.15) is 18.7 Å². The minimum absolute atomic E-state index is 0. The van der Waals surface area contributed by atoms with Gasteiger partial charge in [-0.15, -0.1) is 23.7 Å². The third-order valence-corrected chi connectivity index (χ3v) is 6.84. The highest BCUT2D eigenvalue weighted by molar-refractivity contribution is 8.15. The molecule has 154 valence electrons. The van der Waals surface area contributed by atoms with E-state index < -0.39 is 12.6 Å². The zero-order valence-electron chi connectivity index (χ0n) is 15.5. The monoisotopic (exact) mass is 451 g/mol. The third kappa shape index (κ3) is 4.65. The zero-order valence-corrected chi connectivity index (χ0v) is 17.9. The van der Waals surface area contributed by atoms with E-state index in [1.54, 1.807) is 6.07 Å². The van der Waals surface area contributed by atoms with Crippen LogP contribution in [0.15, 0.2) is 17.4 Å². The Labute approximate surface area is 175 Å². The molecule has 2 aromatic heterocycles. The molecule has 28 heavy (non-hydrogen) atoms. The number of thioether (sulfide) groups is 1. The van der Waals surface area contributed by atoms with Gasteiger partial charge >= 0.3 is 6.18 Å². The van der Waals surface area contributed by atoms with Gasteiger partial charge in [0.05, 0.1) is 18.4 Å². The maximum Gasteiger partial charge on any atom is 0.393 e. The number of fused-ring (bicyclic) bond motifs is 1. The van der Waals surface area contributed by atoms with Gasteiger partial charge in [0, 0.05) is 35.8 Å². The van der Waals surface area contributed by atoms with Crippen molar-refractivity contribution in [2.24, 2.45) is 4.99 Å². The van der Waals surface area contributed by atoms with Crippen LogP contribution in [0.5, 0.6) is 0 Å². The van der Waals surface area contributed by atoms with E-state index in [9.17, 15) is 13.2 Å². The van der Waals surface area contributed by atoms with Crippen molar-refractivity contribution in [3.05, 3.63) is 17.3 Å². The molecule has 0 N–H and O–H groups in total. The molecule has 4 rings (SSSR count). The first-order valence-corrected chi connectivity index (χ1v) is 10.4. The van der Waals surface area contributed by atoms with E-state index in [1.807, 2.05) is 11.8 Å². The maximum atomic E-state index is 12.7. The van der Waals surface area contributed by atoms with Crippen LogP contribution in [-0.4, -0.2) is 63.7 Å². The molecular weight excluding hydrogens is 431 g/mol. The molecule has 5 nitrogen and oxygen atoms in total. The average Bonchev–Trinajstić information content (AvgIpc) is 3.15. The smallest absolute Gasteiger partial charge is 0.352 e. The summed E-state index contributed by atoms with van der Waals surface area (Å²) in [5, 5.41) is 1.80. The number of nitrogens with zero attached hydrogens (tertiary/aromatic N) is 5. The molecule has 0 unspecified atom stereocenters. The second-order valence-corrected chi connectivity index (χ2v) is 10.1. The van der Waals surface area contributed by atoms with E-state index in [1.165, 1.54) is 6.33 Å². The first-order chi connectivity index (χ1) is 12.7. The Kier molecular flexibility index (Phi) is 6.03. The average molecular weight is 452 g/mol. The van der Waals surface area contributed by atoms with E-state index in [-0.39, 0.29) is 22.0 Å². The molecule has 4 heterocycles. The molecule has 0 atom stereocenters. The fraction of sp³-hybridized carbons (Fsp3) is 0.588. The molecule has 2 aliphatic heterocycles. The Hall–Kier alpha value is -1.26. The lowest BCUT2D eigenvalue weighted by atomic mass is 10.2. The summed E-state index contributed by atoms with van der Waals surface area (Å²) in [6.45, 7) is 8.39. The predicted octanol–water partition coefficient (Wildman–Crippen LogP) is 4.22. The van der Waals surface area contributed by atoms with Crippen molar-refractivity contribution < 1.29 is 13.2 Å². The van der Waals surface area contributed by atoms with Crippen LogP contribution in [0.3, 0.4) is 0 Å². The van der Waals surface area contributed by atoms with E-state index >= 15 is 0 Å². The van der Waals surface area contributed by atoms with Crippen molar-refractivity contribution in [1.29, 1.82) is 0 Å². The number of thiophene rings is 1. The molecule has 1 saturated heterocycles. The van der Waals surface area contributed by atoms with Crippen molar-refractivity contribution in [3.63, 3.8) is 0 Å². The van der Waals surface area contributed by atoms with E-state index in [4.69, 9.17) is 0 Å². The number of hydrogen-bond donors (Lipinski definition) is 0. The zero-order chi connectivity index (χ0) is 19.2. The Morgan fingerprint density at radius 2 is 1.79 bits per heavy atom. The number of aliphatic imine (C=N–C) groups is 1. The Morgan fingerprint density at radius 1 is 1.11 bits per heavy atom. The molecule has 0 bridgehead atoms. The summed E-state index contributed by atoms with van der Waals surface area (Å²) in [4.78, 5) is 18.5. The Balaban J connectivity index is 0.00000225. The molecule has 1 fully saturated rings. The molecule has 2 aliphatic rings. The van der Waals surface area contributed by atoms with Crippen LogP contribution in [0.4, 0.5) is 19.0 Å². The SMILES string of the molecule is CC1(C)CN=C(N2CCN(c3ncnc4sc(CC(F)(F)F)cc34)CC2)S1.Cl. The fourth-order valence-electron chi connectivity index (χ4n) is 3.27. The molecule has 0 spiro atoms. The molecule has 11 heteroatoms. The number of anilines is 1. The summed E-state index contributed by atoms with van der Waals surface area (Å²) >= 11 is 2.90. The molecule has 0 aliphatic carbocycles. The van der Waals surface area contributed by atoms with Crippen molar-refractivity contribution in [2.45, 2.75) is 31.2 Å². The highest BCUT2D eigenvalue weighted by atomic mass is 35.5. The Bertz CT molecular complexity index is 875. The van der Waals surface area contributed by atoms with Gasteiger partial charge in [-0.25, -0.2) is 9.97 Å². The maximum absolute atomic E-state index is 12.7. The lowest BCUT2D eigenvalue weighted by Crippen LogP contribution is -2.48. The summed E-state index contributed by atoms with van der Waals surface area (Å²) in [5.74, 6) is 0.727. The van der Waals surface area contributed by atoms with Crippen LogP contribution in [0.2, 0.25) is 0 Å². The van der Waals surface area contributed by atoms with E-state index in [0.717, 1.165) is 55.0 Å². The number of hydrogen-bond acceptors (Lipinski definition) is 7. The quantitative estimate of drug-likeness (QED) is 0.684. The van der Waals surface area contributed by atoms with Crippen LogP contribution in [0, 0.1) is 0 Å². The van der Waals surface area contributed by atoms with Gasteiger partial charge < -0.3 is 9.80 Å². The topological polar surface area (TPSA) is 44.6 Å². The van der Waals surface area contributed by atoms with E-state index in [2.05, 4.69) is 38.6 Å². The largest absolute Gasteiger partial charge is 0.393 e. The summed E-state index contributed by atoms with van der Waals surface area (Å²) in [6.07, 6.45) is -3.70. The molecule has 0 saturated carbocycles. The molecule has 0 aromatic carbocycles. The number of piperazine rings is 1. The van der Waals surface area contributed by atoms with Crippen molar-refractivity contribution >= 4 is 56.7 Å². The number of halogens is 4. The number of rotatable bonds is 2. The van der Waals surface area contributed by atoms with Gasteiger partial charge in [-0.2, -0.15) is 13.2 Å². The molecular formula is C17H21ClF3N5S2. The van der Waals surface area contributed by atoms with Crippen LogP contribution < -0.4 is 4.90 Å².